The number of aryl methyl sites for hydroxylation is 1. The fourth-order valence-corrected chi connectivity index (χ4v) is 3.54. The van der Waals surface area contributed by atoms with Gasteiger partial charge >= 0.3 is 0 Å². The molecule has 1 amide bonds. The van der Waals surface area contributed by atoms with Gasteiger partial charge in [0.05, 0.1) is 0 Å². The maximum Gasteiger partial charge on any atom is 0.253 e. The summed E-state index contributed by atoms with van der Waals surface area (Å²) in [5, 5.41) is 0.597. The van der Waals surface area contributed by atoms with E-state index in [4.69, 9.17) is 0 Å². The lowest BCUT2D eigenvalue weighted by Gasteiger charge is -2.32. The van der Waals surface area contributed by atoms with Crippen LogP contribution in [0.1, 0.15) is 29.3 Å². The molecule has 0 aromatic heterocycles. The van der Waals surface area contributed by atoms with Crippen LogP contribution in [-0.2, 0) is 0 Å². The zero-order chi connectivity index (χ0) is 13.1. The van der Waals surface area contributed by atoms with Gasteiger partial charge in [-0.15, -0.1) is 0 Å². The van der Waals surface area contributed by atoms with Crippen LogP contribution in [0.5, 0.6) is 0 Å². The minimum atomic E-state index is 0.171. The summed E-state index contributed by atoms with van der Waals surface area (Å²) in [4.78, 5) is 14.4. The fraction of sp³-hybridized carbons (Fsp3) is 0.500. The Hall–Kier alpha value is -0.480. The van der Waals surface area contributed by atoms with E-state index >= 15 is 0 Å². The molecule has 2 rings (SSSR count). The summed E-state index contributed by atoms with van der Waals surface area (Å²) >= 11 is 5.45. The first-order chi connectivity index (χ1) is 8.61. The van der Waals surface area contributed by atoms with Crippen LogP contribution in [0.3, 0.4) is 0 Å². The molecular formula is C14H18BrNOS. The molecule has 1 unspecified atom stereocenters. The van der Waals surface area contributed by atoms with Crippen LogP contribution < -0.4 is 0 Å². The van der Waals surface area contributed by atoms with Gasteiger partial charge in [0.1, 0.15) is 0 Å². The highest BCUT2D eigenvalue weighted by Crippen LogP contribution is 2.23. The number of hydrogen-bond donors (Lipinski definition) is 0. The van der Waals surface area contributed by atoms with Crippen molar-refractivity contribution in [3.05, 3.63) is 33.8 Å². The Morgan fingerprint density at radius 1 is 1.56 bits per heavy atom. The van der Waals surface area contributed by atoms with Crippen LogP contribution in [0, 0.1) is 6.92 Å². The van der Waals surface area contributed by atoms with Gasteiger partial charge < -0.3 is 4.90 Å². The SMILES string of the molecule is CCC1CN(C(=O)c2ccc(Br)c(C)c2)CCS1. The molecule has 1 saturated heterocycles. The number of nitrogens with zero attached hydrogens (tertiary/aromatic N) is 1. The Labute approximate surface area is 121 Å². The average Bonchev–Trinajstić information content (AvgIpc) is 2.41. The average molecular weight is 328 g/mol. The molecule has 1 aromatic rings. The van der Waals surface area contributed by atoms with Crippen LogP contribution in [0.4, 0.5) is 0 Å². The number of halogens is 1. The maximum absolute atomic E-state index is 12.4. The first kappa shape index (κ1) is 13.9. The van der Waals surface area contributed by atoms with E-state index in [-0.39, 0.29) is 5.91 Å². The largest absolute Gasteiger partial charge is 0.337 e. The number of thioether (sulfide) groups is 1. The van der Waals surface area contributed by atoms with Crippen molar-refractivity contribution in [3.63, 3.8) is 0 Å². The van der Waals surface area contributed by atoms with E-state index in [2.05, 4.69) is 22.9 Å². The number of benzene rings is 1. The van der Waals surface area contributed by atoms with Crippen molar-refractivity contribution in [2.24, 2.45) is 0 Å². The van der Waals surface area contributed by atoms with Crippen molar-refractivity contribution in [2.45, 2.75) is 25.5 Å². The third-order valence-corrected chi connectivity index (χ3v) is 5.55. The van der Waals surface area contributed by atoms with Gasteiger partial charge in [0.25, 0.3) is 5.91 Å². The van der Waals surface area contributed by atoms with E-state index < -0.39 is 0 Å². The molecule has 0 radical (unpaired) electrons. The minimum Gasteiger partial charge on any atom is -0.337 e. The zero-order valence-electron chi connectivity index (χ0n) is 10.8. The Morgan fingerprint density at radius 3 is 3.00 bits per heavy atom. The van der Waals surface area contributed by atoms with Crippen molar-refractivity contribution in [2.75, 3.05) is 18.8 Å². The number of hydrogen-bond acceptors (Lipinski definition) is 2. The lowest BCUT2D eigenvalue weighted by molar-refractivity contribution is 0.0761. The monoisotopic (exact) mass is 327 g/mol. The molecule has 1 atom stereocenters. The summed E-state index contributed by atoms with van der Waals surface area (Å²) in [7, 11) is 0. The third-order valence-electron chi connectivity index (χ3n) is 3.29. The van der Waals surface area contributed by atoms with Gasteiger partial charge in [-0.05, 0) is 37.1 Å². The van der Waals surface area contributed by atoms with Crippen LogP contribution >= 0.6 is 27.7 Å². The number of carbonyl (C=O) groups is 1. The summed E-state index contributed by atoms with van der Waals surface area (Å²) in [6.45, 7) is 5.96. The smallest absolute Gasteiger partial charge is 0.253 e. The molecule has 0 bridgehead atoms. The molecule has 4 heteroatoms. The molecule has 18 heavy (non-hydrogen) atoms. The highest BCUT2D eigenvalue weighted by molar-refractivity contribution is 9.10. The summed E-state index contributed by atoms with van der Waals surface area (Å²) in [5.41, 5.74) is 1.91. The summed E-state index contributed by atoms with van der Waals surface area (Å²) in [6.07, 6.45) is 1.13. The predicted molar refractivity (Wildman–Crippen MR) is 81.3 cm³/mol. The van der Waals surface area contributed by atoms with Gasteiger partial charge in [0, 0.05) is 34.1 Å². The van der Waals surface area contributed by atoms with E-state index in [1.165, 1.54) is 0 Å². The second kappa shape index (κ2) is 6.11. The molecule has 98 valence electrons. The van der Waals surface area contributed by atoms with Crippen LogP contribution in [-0.4, -0.2) is 34.9 Å². The molecule has 1 aromatic carbocycles. The fourth-order valence-electron chi connectivity index (χ4n) is 2.11. The molecular weight excluding hydrogens is 310 g/mol. The van der Waals surface area contributed by atoms with Crippen molar-refractivity contribution in [1.82, 2.24) is 4.90 Å². The van der Waals surface area contributed by atoms with Crippen molar-refractivity contribution < 1.29 is 4.79 Å². The normalized spacial score (nSPS) is 19.9. The van der Waals surface area contributed by atoms with Crippen molar-refractivity contribution in [1.29, 1.82) is 0 Å². The van der Waals surface area contributed by atoms with Gasteiger partial charge in [-0.2, -0.15) is 11.8 Å². The van der Waals surface area contributed by atoms with Gasteiger partial charge in [-0.3, -0.25) is 4.79 Å². The number of carbonyl (C=O) groups excluding carboxylic acids is 1. The Kier molecular flexibility index (Phi) is 4.73. The quantitative estimate of drug-likeness (QED) is 0.825. The maximum atomic E-state index is 12.4. The Bertz CT molecular complexity index is 449. The molecule has 1 aliphatic rings. The first-order valence-electron chi connectivity index (χ1n) is 6.29. The highest BCUT2D eigenvalue weighted by atomic mass is 79.9. The van der Waals surface area contributed by atoms with Crippen LogP contribution in [0.2, 0.25) is 0 Å². The summed E-state index contributed by atoms with van der Waals surface area (Å²) in [5.74, 6) is 1.23. The van der Waals surface area contributed by atoms with Crippen LogP contribution in [0.15, 0.2) is 22.7 Å². The van der Waals surface area contributed by atoms with Gasteiger partial charge in [-0.1, -0.05) is 22.9 Å². The molecule has 1 heterocycles. The third kappa shape index (κ3) is 3.09. The first-order valence-corrected chi connectivity index (χ1v) is 8.13. The highest BCUT2D eigenvalue weighted by Gasteiger charge is 2.23. The van der Waals surface area contributed by atoms with Crippen molar-refractivity contribution in [3.8, 4) is 0 Å². The molecule has 1 aliphatic heterocycles. The lowest BCUT2D eigenvalue weighted by Crippen LogP contribution is -2.41. The van der Waals surface area contributed by atoms with Gasteiger partial charge in [-0.25, -0.2) is 0 Å². The number of rotatable bonds is 2. The predicted octanol–water partition coefficient (Wildman–Crippen LogP) is 3.73. The van der Waals surface area contributed by atoms with Crippen molar-refractivity contribution >= 4 is 33.6 Å². The van der Waals surface area contributed by atoms with E-state index in [0.29, 0.717) is 5.25 Å². The Balaban J connectivity index is 2.12. The molecule has 1 fully saturated rings. The minimum absolute atomic E-state index is 0.171. The molecule has 2 nitrogen and oxygen atoms in total. The van der Waals surface area contributed by atoms with Crippen LogP contribution in [0.25, 0.3) is 0 Å². The van der Waals surface area contributed by atoms with E-state index in [1.54, 1.807) is 0 Å². The zero-order valence-corrected chi connectivity index (χ0v) is 13.2. The number of amides is 1. The van der Waals surface area contributed by atoms with E-state index in [0.717, 1.165) is 40.9 Å². The Morgan fingerprint density at radius 2 is 2.33 bits per heavy atom. The second-order valence-corrected chi connectivity index (χ2v) is 6.88. The lowest BCUT2D eigenvalue weighted by atomic mass is 10.1. The van der Waals surface area contributed by atoms with E-state index in [1.807, 2.05) is 41.8 Å². The van der Waals surface area contributed by atoms with E-state index in [9.17, 15) is 4.79 Å². The second-order valence-electron chi connectivity index (χ2n) is 4.62. The summed E-state index contributed by atoms with van der Waals surface area (Å²) in [6, 6.07) is 5.83. The standard InChI is InChI=1S/C14H18BrNOS/c1-3-12-9-16(6-7-18-12)14(17)11-4-5-13(15)10(2)8-11/h4-5,8,12H,3,6-7,9H2,1-2H3. The summed E-state index contributed by atoms with van der Waals surface area (Å²) < 4.78 is 1.06. The molecule has 0 N–H and O–H groups in total. The topological polar surface area (TPSA) is 20.3 Å². The molecule has 0 saturated carbocycles. The molecule has 0 spiro atoms. The molecule has 0 aliphatic carbocycles. The van der Waals surface area contributed by atoms with Gasteiger partial charge in [0.15, 0.2) is 0 Å². The van der Waals surface area contributed by atoms with Gasteiger partial charge in [0.2, 0.25) is 0 Å².